The summed E-state index contributed by atoms with van der Waals surface area (Å²) in [6.45, 7) is 0.240. The van der Waals surface area contributed by atoms with Gasteiger partial charge in [-0.2, -0.15) is 0 Å². The van der Waals surface area contributed by atoms with E-state index < -0.39 is 5.82 Å². The molecule has 0 saturated carbocycles. The standard InChI is InChI=1S/C14H11F2N5/c15-10-3-1-2-9(6-10)8-21-14(18-19-20-21)12-5-4-11(17)7-13(12)16/h1-7H,8,17H2. The maximum absolute atomic E-state index is 13.9. The molecule has 21 heavy (non-hydrogen) atoms. The molecule has 7 heteroatoms. The number of halogens is 2. The fourth-order valence-electron chi connectivity index (χ4n) is 2.02. The number of nitrogens with zero attached hydrogens (tertiary/aromatic N) is 4. The zero-order chi connectivity index (χ0) is 14.8. The van der Waals surface area contributed by atoms with Gasteiger partial charge in [0.1, 0.15) is 11.6 Å². The molecular formula is C14H11F2N5. The average molecular weight is 287 g/mol. The van der Waals surface area contributed by atoms with E-state index in [0.717, 1.165) is 0 Å². The summed E-state index contributed by atoms with van der Waals surface area (Å²) in [5.41, 5.74) is 6.76. The molecule has 0 saturated heterocycles. The van der Waals surface area contributed by atoms with Gasteiger partial charge in [-0.15, -0.1) is 5.10 Å². The smallest absolute Gasteiger partial charge is 0.185 e. The topological polar surface area (TPSA) is 69.6 Å². The quantitative estimate of drug-likeness (QED) is 0.750. The van der Waals surface area contributed by atoms with E-state index in [1.165, 1.54) is 28.9 Å². The summed E-state index contributed by atoms with van der Waals surface area (Å²) in [5, 5.41) is 11.2. The molecule has 0 unspecified atom stereocenters. The highest BCUT2D eigenvalue weighted by molar-refractivity contribution is 5.59. The Kier molecular flexibility index (Phi) is 3.31. The lowest BCUT2D eigenvalue weighted by Crippen LogP contribution is -2.05. The van der Waals surface area contributed by atoms with Crippen molar-refractivity contribution in [3.05, 3.63) is 59.7 Å². The van der Waals surface area contributed by atoms with E-state index in [1.54, 1.807) is 18.2 Å². The highest BCUT2D eigenvalue weighted by atomic mass is 19.1. The van der Waals surface area contributed by atoms with Gasteiger partial charge < -0.3 is 5.73 Å². The van der Waals surface area contributed by atoms with Gasteiger partial charge in [0, 0.05) is 5.69 Å². The van der Waals surface area contributed by atoms with Crippen molar-refractivity contribution in [1.82, 2.24) is 20.2 Å². The van der Waals surface area contributed by atoms with Crippen molar-refractivity contribution in [2.45, 2.75) is 6.54 Å². The second-order valence-corrected chi connectivity index (χ2v) is 4.53. The van der Waals surface area contributed by atoms with Crippen molar-refractivity contribution >= 4 is 5.69 Å². The van der Waals surface area contributed by atoms with Crippen LogP contribution in [0.4, 0.5) is 14.5 Å². The lowest BCUT2D eigenvalue weighted by molar-refractivity contribution is 0.610. The van der Waals surface area contributed by atoms with E-state index in [2.05, 4.69) is 15.5 Å². The first-order valence-electron chi connectivity index (χ1n) is 6.19. The van der Waals surface area contributed by atoms with Crippen LogP contribution in [0.5, 0.6) is 0 Å². The molecule has 0 atom stereocenters. The second-order valence-electron chi connectivity index (χ2n) is 4.53. The van der Waals surface area contributed by atoms with Gasteiger partial charge in [-0.3, -0.25) is 0 Å². The first-order chi connectivity index (χ1) is 10.1. The number of nitrogens with two attached hydrogens (primary N) is 1. The summed E-state index contributed by atoms with van der Waals surface area (Å²) >= 11 is 0. The van der Waals surface area contributed by atoms with Crippen molar-refractivity contribution in [3.63, 3.8) is 0 Å². The van der Waals surface area contributed by atoms with Gasteiger partial charge in [0.2, 0.25) is 0 Å². The van der Waals surface area contributed by atoms with E-state index in [4.69, 9.17) is 5.73 Å². The van der Waals surface area contributed by atoms with Crippen molar-refractivity contribution in [1.29, 1.82) is 0 Å². The van der Waals surface area contributed by atoms with Crippen LogP contribution in [0.1, 0.15) is 5.56 Å². The van der Waals surface area contributed by atoms with Crippen LogP contribution in [0.25, 0.3) is 11.4 Å². The first-order valence-corrected chi connectivity index (χ1v) is 6.19. The summed E-state index contributed by atoms with van der Waals surface area (Å²) < 4.78 is 28.5. The second kappa shape index (κ2) is 5.28. The molecule has 0 amide bonds. The van der Waals surface area contributed by atoms with E-state index in [0.29, 0.717) is 11.3 Å². The molecule has 5 nitrogen and oxygen atoms in total. The van der Waals surface area contributed by atoms with Crippen LogP contribution >= 0.6 is 0 Å². The lowest BCUT2D eigenvalue weighted by atomic mass is 10.1. The third-order valence-electron chi connectivity index (χ3n) is 2.99. The third kappa shape index (κ3) is 2.71. The lowest BCUT2D eigenvalue weighted by Gasteiger charge is -2.06. The molecule has 3 aromatic rings. The van der Waals surface area contributed by atoms with E-state index in [-0.39, 0.29) is 23.7 Å². The van der Waals surface area contributed by atoms with Crippen LogP contribution in [0.2, 0.25) is 0 Å². The zero-order valence-electron chi connectivity index (χ0n) is 10.9. The Balaban J connectivity index is 1.97. The summed E-state index contributed by atoms with van der Waals surface area (Å²) in [4.78, 5) is 0. The van der Waals surface area contributed by atoms with Crippen molar-refractivity contribution in [3.8, 4) is 11.4 Å². The molecule has 0 aliphatic rings. The average Bonchev–Trinajstić information content (AvgIpc) is 2.87. The number of tetrazole rings is 1. The highest BCUT2D eigenvalue weighted by Gasteiger charge is 2.14. The molecule has 3 rings (SSSR count). The molecule has 106 valence electrons. The Labute approximate surface area is 119 Å². The number of rotatable bonds is 3. The predicted molar refractivity (Wildman–Crippen MR) is 73.1 cm³/mol. The van der Waals surface area contributed by atoms with Crippen molar-refractivity contribution in [2.75, 3.05) is 5.73 Å². The van der Waals surface area contributed by atoms with Gasteiger partial charge in [0.15, 0.2) is 5.82 Å². The van der Waals surface area contributed by atoms with Crippen LogP contribution in [-0.2, 0) is 6.54 Å². The SMILES string of the molecule is Nc1ccc(-c2nnnn2Cc2cccc(F)c2)c(F)c1. The maximum Gasteiger partial charge on any atom is 0.185 e. The highest BCUT2D eigenvalue weighted by Crippen LogP contribution is 2.22. The number of aromatic nitrogens is 4. The Hall–Kier alpha value is -2.83. The first kappa shape index (κ1) is 13.2. The van der Waals surface area contributed by atoms with Gasteiger partial charge >= 0.3 is 0 Å². The Morgan fingerprint density at radius 2 is 1.95 bits per heavy atom. The van der Waals surface area contributed by atoms with Crippen LogP contribution in [-0.4, -0.2) is 20.2 Å². The number of benzene rings is 2. The summed E-state index contributed by atoms with van der Waals surface area (Å²) in [6.07, 6.45) is 0. The number of hydrogen-bond donors (Lipinski definition) is 1. The minimum Gasteiger partial charge on any atom is -0.399 e. The Morgan fingerprint density at radius 1 is 1.10 bits per heavy atom. The Morgan fingerprint density at radius 3 is 2.71 bits per heavy atom. The minimum absolute atomic E-state index is 0.240. The molecule has 0 spiro atoms. The van der Waals surface area contributed by atoms with E-state index in [9.17, 15) is 8.78 Å². The minimum atomic E-state index is -0.509. The summed E-state index contributed by atoms with van der Waals surface area (Å²) in [6, 6.07) is 10.4. The molecule has 1 aromatic heterocycles. The molecule has 0 bridgehead atoms. The predicted octanol–water partition coefficient (Wildman–Crippen LogP) is 2.25. The molecule has 0 fully saturated rings. The van der Waals surface area contributed by atoms with Crippen LogP contribution in [0.3, 0.4) is 0 Å². The molecule has 0 aliphatic heterocycles. The van der Waals surface area contributed by atoms with Crippen LogP contribution in [0, 0.1) is 11.6 Å². The van der Waals surface area contributed by atoms with Crippen molar-refractivity contribution in [2.24, 2.45) is 0 Å². The number of nitrogen functional groups attached to an aromatic ring is 1. The number of hydrogen-bond acceptors (Lipinski definition) is 4. The van der Waals surface area contributed by atoms with Crippen molar-refractivity contribution < 1.29 is 8.78 Å². The van der Waals surface area contributed by atoms with Gasteiger partial charge in [-0.1, -0.05) is 12.1 Å². The van der Waals surface area contributed by atoms with Crippen LogP contribution in [0.15, 0.2) is 42.5 Å². The van der Waals surface area contributed by atoms with Gasteiger partial charge in [0.25, 0.3) is 0 Å². The summed E-state index contributed by atoms with van der Waals surface area (Å²) in [5.74, 6) is -0.595. The molecule has 1 heterocycles. The summed E-state index contributed by atoms with van der Waals surface area (Å²) in [7, 11) is 0. The molecule has 2 N–H and O–H groups in total. The zero-order valence-corrected chi connectivity index (χ0v) is 10.9. The van der Waals surface area contributed by atoms with Gasteiger partial charge in [-0.05, 0) is 46.3 Å². The largest absolute Gasteiger partial charge is 0.399 e. The molecule has 2 aromatic carbocycles. The van der Waals surface area contributed by atoms with E-state index >= 15 is 0 Å². The van der Waals surface area contributed by atoms with Gasteiger partial charge in [0.05, 0.1) is 12.1 Å². The normalized spacial score (nSPS) is 10.8. The van der Waals surface area contributed by atoms with E-state index in [1.807, 2.05) is 0 Å². The monoisotopic (exact) mass is 287 g/mol. The fraction of sp³-hybridized carbons (Fsp3) is 0.0714. The van der Waals surface area contributed by atoms with Crippen LogP contribution < -0.4 is 5.73 Å². The Bertz CT molecular complexity index is 785. The molecule has 0 aliphatic carbocycles. The van der Waals surface area contributed by atoms with Gasteiger partial charge in [-0.25, -0.2) is 13.5 Å². The molecular weight excluding hydrogens is 276 g/mol. The molecule has 0 radical (unpaired) electrons. The number of anilines is 1. The third-order valence-corrected chi connectivity index (χ3v) is 2.99. The fourth-order valence-corrected chi connectivity index (χ4v) is 2.02. The maximum atomic E-state index is 13.9.